The first-order chi connectivity index (χ1) is 12.2. The Hall–Kier alpha value is 0.997. The summed E-state index contributed by atoms with van der Waals surface area (Å²) in [6.07, 6.45) is 1.15. The molecule has 0 atom stereocenters. The number of aromatic nitrogens is 1. The van der Waals surface area contributed by atoms with Gasteiger partial charge >= 0.3 is 8.56 Å². The monoisotopic (exact) mass is 469 g/mol. The molecule has 25 heavy (non-hydrogen) atoms. The Bertz CT molecular complexity index is 590. The maximum Gasteiger partial charge on any atom is 0.334 e. The van der Waals surface area contributed by atoms with Crippen LogP contribution < -0.4 is 0 Å². The fourth-order valence-electron chi connectivity index (χ4n) is 2.24. The molecule has 0 aliphatic rings. The SMILES string of the molecule is CCO[Si](C)(CCCSSSSSc1nc2ccccc2s1)OCC. The number of thiazole rings is 1. The molecule has 0 saturated heterocycles. The predicted octanol–water partition coefficient (Wildman–Crippen LogP) is 7.52. The smallest absolute Gasteiger partial charge is 0.334 e. The molecule has 1 heterocycles. The van der Waals surface area contributed by atoms with Crippen LogP contribution in [0.4, 0.5) is 0 Å². The van der Waals surface area contributed by atoms with Crippen molar-refractivity contribution in [3.05, 3.63) is 24.3 Å². The molecular weight excluding hydrogens is 447 g/mol. The van der Waals surface area contributed by atoms with Gasteiger partial charge in [0, 0.05) is 19.0 Å². The van der Waals surface area contributed by atoms with Crippen molar-refractivity contribution < 1.29 is 8.85 Å². The minimum Gasteiger partial charge on any atom is -0.395 e. The van der Waals surface area contributed by atoms with Gasteiger partial charge in [-0.3, -0.25) is 0 Å². The molecule has 0 saturated carbocycles. The summed E-state index contributed by atoms with van der Waals surface area (Å²) in [5, 5.41) is 0. The summed E-state index contributed by atoms with van der Waals surface area (Å²) in [6, 6.07) is 9.37. The standard InChI is InChI=1S/C15H23NO2S6Si/c1-4-17-25(3,18-5-2)12-8-11-19-22-24-23-21-15-16-13-9-6-7-10-14(13)20-15/h6-7,9-10H,4-5,8,11-12H2,1-3H3. The van der Waals surface area contributed by atoms with Crippen molar-refractivity contribution >= 4 is 81.2 Å². The van der Waals surface area contributed by atoms with Crippen LogP contribution in [0.15, 0.2) is 28.6 Å². The topological polar surface area (TPSA) is 31.4 Å². The van der Waals surface area contributed by atoms with E-state index in [2.05, 4.69) is 29.7 Å². The molecular formula is C15H23NO2S6Si. The minimum atomic E-state index is -1.93. The third-order valence-corrected chi connectivity index (χ3v) is 16.2. The van der Waals surface area contributed by atoms with Crippen molar-refractivity contribution in [3.63, 3.8) is 0 Å². The molecule has 1 aromatic heterocycles. The van der Waals surface area contributed by atoms with E-state index in [1.807, 2.05) is 50.4 Å². The van der Waals surface area contributed by atoms with E-state index in [0.717, 1.165) is 41.3 Å². The first kappa shape index (κ1) is 22.3. The number of rotatable bonds is 13. The molecule has 3 nitrogen and oxygen atoms in total. The van der Waals surface area contributed by atoms with E-state index in [9.17, 15) is 0 Å². The molecule has 10 heteroatoms. The molecule has 0 amide bonds. The first-order valence-corrected chi connectivity index (χ1v) is 17.8. The highest BCUT2D eigenvalue weighted by Crippen LogP contribution is 2.52. The van der Waals surface area contributed by atoms with Crippen molar-refractivity contribution in [2.75, 3.05) is 19.0 Å². The number of para-hydroxylation sites is 1. The van der Waals surface area contributed by atoms with Gasteiger partial charge in [-0.2, -0.15) is 0 Å². The van der Waals surface area contributed by atoms with E-state index in [0.29, 0.717) is 0 Å². The minimum absolute atomic E-state index is 0.750. The number of hydrogen-bond donors (Lipinski definition) is 0. The molecule has 0 N–H and O–H groups in total. The fourth-order valence-corrected chi connectivity index (χ4v) is 15.0. The highest BCUT2D eigenvalue weighted by Gasteiger charge is 2.29. The molecule has 0 bridgehead atoms. The lowest BCUT2D eigenvalue weighted by molar-refractivity contribution is 0.189. The Morgan fingerprint density at radius 1 is 1.08 bits per heavy atom. The van der Waals surface area contributed by atoms with Gasteiger partial charge in [0.05, 0.1) is 10.2 Å². The summed E-state index contributed by atoms with van der Waals surface area (Å²) in [4.78, 5) is 4.63. The third-order valence-electron chi connectivity index (χ3n) is 3.24. The van der Waals surface area contributed by atoms with Crippen molar-refractivity contribution in [2.45, 2.75) is 37.2 Å². The molecule has 0 spiro atoms. The van der Waals surface area contributed by atoms with Crippen molar-refractivity contribution in [1.29, 1.82) is 0 Å². The molecule has 0 unspecified atom stereocenters. The van der Waals surface area contributed by atoms with E-state index >= 15 is 0 Å². The summed E-state index contributed by atoms with van der Waals surface area (Å²) in [6.45, 7) is 7.77. The lowest BCUT2D eigenvalue weighted by Gasteiger charge is -2.25. The normalized spacial score (nSPS) is 12.1. The van der Waals surface area contributed by atoms with Gasteiger partial charge < -0.3 is 8.85 Å². The summed E-state index contributed by atoms with van der Waals surface area (Å²) < 4.78 is 14.1. The van der Waals surface area contributed by atoms with Gasteiger partial charge in [-0.05, 0) is 85.3 Å². The van der Waals surface area contributed by atoms with Gasteiger partial charge in [0.1, 0.15) is 0 Å². The zero-order valence-electron chi connectivity index (χ0n) is 14.6. The van der Waals surface area contributed by atoms with Gasteiger partial charge in [0.25, 0.3) is 0 Å². The molecule has 140 valence electrons. The molecule has 0 fully saturated rings. The van der Waals surface area contributed by atoms with E-state index in [1.165, 1.54) is 4.70 Å². The van der Waals surface area contributed by atoms with Gasteiger partial charge in [-0.1, -0.05) is 22.9 Å². The highest BCUT2D eigenvalue weighted by molar-refractivity contribution is 9.35. The number of nitrogens with zero attached hydrogens (tertiary/aromatic N) is 1. The largest absolute Gasteiger partial charge is 0.395 e. The molecule has 0 aliphatic carbocycles. The second-order valence-electron chi connectivity index (χ2n) is 5.16. The van der Waals surface area contributed by atoms with Crippen LogP contribution in [0.2, 0.25) is 12.6 Å². The van der Waals surface area contributed by atoms with Crippen LogP contribution in [0.3, 0.4) is 0 Å². The molecule has 0 radical (unpaired) electrons. The number of hydrogen-bond acceptors (Lipinski definition) is 9. The maximum absolute atomic E-state index is 5.87. The quantitative estimate of drug-likeness (QED) is 0.169. The Balaban J connectivity index is 1.54. The van der Waals surface area contributed by atoms with E-state index in [4.69, 9.17) is 8.85 Å². The second kappa shape index (κ2) is 12.5. The molecule has 0 aliphatic heterocycles. The van der Waals surface area contributed by atoms with Crippen LogP contribution in [0.25, 0.3) is 10.2 Å². The van der Waals surface area contributed by atoms with Crippen LogP contribution in [0.1, 0.15) is 20.3 Å². The highest BCUT2D eigenvalue weighted by atomic mass is 33.8. The van der Waals surface area contributed by atoms with Crippen molar-refractivity contribution in [1.82, 2.24) is 4.98 Å². The number of fused-ring (bicyclic) bond motifs is 1. The third kappa shape index (κ3) is 8.26. The van der Waals surface area contributed by atoms with Gasteiger partial charge in [-0.25, -0.2) is 4.98 Å². The lowest BCUT2D eigenvalue weighted by Crippen LogP contribution is -2.38. The Morgan fingerprint density at radius 2 is 1.84 bits per heavy atom. The Labute approximate surface area is 174 Å². The summed E-state index contributed by atoms with van der Waals surface area (Å²) in [5.74, 6) is 1.13. The molecule has 2 aromatic rings. The van der Waals surface area contributed by atoms with E-state index in [1.54, 1.807) is 32.0 Å². The van der Waals surface area contributed by atoms with Crippen LogP contribution in [-0.4, -0.2) is 32.5 Å². The van der Waals surface area contributed by atoms with Gasteiger partial charge in [-0.15, -0.1) is 11.3 Å². The second-order valence-corrected chi connectivity index (χ2v) is 17.5. The fraction of sp³-hybridized carbons (Fsp3) is 0.533. The summed E-state index contributed by atoms with van der Waals surface area (Å²) in [5.41, 5.74) is 1.10. The van der Waals surface area contributed by atoms with Crippen LogP contribution in [-0.2, 0) is 8.85 Å². The van der Waals surface area contributed by atoms with E-state index in [-0.39, 0.29) is 0 Å². The molecule has 2 rings (SSSR count). The maximum atomic E-state index is 5.87. The molecule has 1 aromatic carbocycles. The average molecular weight is 470 g/mol. The number of benzene rings is 1. The van der Waals surface area contributed by atoms with Crippen LogP contribution in [0, 0.1) is 0 Å². The first-order valence-electron chi connectivity index (χ1n) is 8.10. The zero-order valence-corrected chi connectivity index (χ0v) is 20.5. The van der Waals surface area contributed by atoms with Crippen molar-refractivity contribution in [2.24, 2.45) is 0 Å². The zero-order chi connectivity index (χ0) is 18.0. The summed E-state index contributed by atoms with van der Waals surface area (Å²) >= 11 is 1.76. The predicted molar refractivity (Wildman–Crippen MR) is 125 cm³/mol. The summed E-state index contributed by atoms with van der Waals surface area (Å²) in [7, 11) is 7.16. The van der Waals surface area contributed by atoms with E-state index < -0.39 is 8.56 Å². The Morgan fingerprint density at radius 3 is 2.56 bits per heavy atom. The lowest BCUT2D eigenvalue weighted by atomic mass is 10.3. The Kier molecular flexibility index (Phi) is 11.1. The van der Waals surface area contributed by atoms with Gasteiger partial charge in [0.2, 0.25) is 0 Å². The van der Waals surface area contributed by atoms with Crippen LogP contribution >= 0.6 is 62.4 Å². The van der Waals surface area contributed by atoms with Crippen LogP contribution in [0.5, 0.6) is 0 Å². The van der Waals surface area contributed by atoms with Crippen molar-refractivity contribution in [3.8, 4) is 0 Å². The van der Waals surface area contributed by atoms with Gasteiger partial charge in [0.15, 0.2) is 4.34 Å². The average Bonchev–Trinajstić information content (AvgIpc) is 3.00.